The average Bonchev–Trinajstić information content (AvgIpc) is 2.73. The summed E-state index contributed by atoms with van der Waals surface area (Å²) in [5.74, 6) is 0.135. The van der Waals surface area contributed by atoms with Gasteiger partial charge in [-0.1, -0.05) is 12.1 Å². The molecule has 1 aliphatic rings. The molecule has 1 aliphatic heterocycles. The third-order valence-electron chi connectivity index (χ3n) is 5.31. The first-order valence-electron chi connectivity index (χ1n) is 9.56. The second-order valence-electron chi connectivity index (χ2n) is 7.22. The largest absolute Gasteiger partial charge is 0.384 e. The lowest BCUT2D eigenvalue weighted by Crippen LogP contribution is -2.46. The summed E-state index contributed by atoms with van der Waals surface area (Å²) in [5.41, 5.74) is 8.04. The predicted molar refractivity (Wildman–Crippen MR) is 113 cm³/mol. The van der Waals surface area contributed by atoms with E-state index in [9.17, 15) is 9.65 Å². The Hall–Kier alpha value is -2.54. The minimum Gasteiger partial charge on any atom is -0.384 e. The lowest BCUT2D eigenvalue weighted by molar-refractivity contribution is 0.129. The van der Waals surface area contributed by atoms with Crippen LogP contribution in [0, 0.1) is 21.9 Å². The number of benzene rings is 1. The molecule has 0 bridgehead atoms. The van der Waals surface area contributed by atoms with Crippen LogP contribution < -0.4 is 11.2 Å². The fraction of sp³-hybridized carbons (Fsp3) is 0.450. The van der Waals surface area contributed by atoms with E-state index < -0.39 is 0 Å². The molecule has 0 amide bonds. The van der Waals surface area contributed by atoms with Crippen LogP contribution in [0.1, 0.15) is 11.1 Å². The van der Waals surface area contributed by atoms with Crippen LogP contribution in [0.4, 0.5) is 10.2 Å². The highest BCUT2D eigenvalue weighted by Gasteiger charge is 2.17. The summed E-state index contributed by atoms with van der Waals surface area (Å²) < 4.78 is 16.9. The number of nitrogens with two attached hydrogens (primary N) is 1. The van der Waals surface area contributed by atoms with E-state index in [0.717, 1.165) is 44.8 Å². The van der Waals surface area contributed by atoms with Crippen molar-refractivity contribution in [2.24, 2.45) is 19.1 Å². The zero-order valence-corrected chi connectivity index (χ0v) is 17.6. The molecule has 1 fully saturated rings. The molecule has 0 atom stereocenters. The normalized spacial score (nSPS) is 16.1. The Balaban J connectivity index is 1.58. The van der Waals surface area contributed by atoms with Crippen molar-refractivity contribution in [3.63, 3.8) is 0 Å². The Kier molecular flexibility index (Phi) is 6.79. The van der Waals surface area contributed by atoms with Crippen LogP contribution >= 0.6 is 12.2 Å². The molecule has 2 heterocycles. The second-order valence-corrected chi connectivity index (χ2v) is 7.59. The number of anilines is 1. The Morgan fingerprint density at radius 1 is 1.10 bits per heavy atom. The summed E-state index contributed by atoms with van der Waals surface area (Å²) in [6, 6.07) is 8.84. The first kappa shape index (κ1) is 21.2. The first-order chi connectivity index (χ1) is 13.9. The molecule has 7 nitrogen and oxygen atoms in total. The van der Waals surface area contributed by atoms with Crippen molar-refractivity contribution < 1.29 is 4.39 Å². The van der Waals surface area contributed by atoms with Crippen LogP contribution in [0.15, 0.2) is 29.3 Å². The molecule has 2 N–H and O–H groups in total. The molecule has 9 heteroatoms. The van der Waals surface area contributed by atoms with Crippen molar-refractivity contribution in [3.05, 3.63) is 51.5 Å². The van der Waals surface area contributed by atoms with E-state index in [1.165, 1.54) is 12.1 Å². The molecule has 3 rings (SSSR count). The molecule has 0 saturated carbocycles. The zero-order valence-electron chi connectivity index (χ0n) is 16.8. The number of hydrogen-bond donors (Lipinski definition) is 1. The number of halogens is 1. The number of nitrogen functional groups attached to an aromatic ring is 1. The van der Waals surface area contributed by atoms with Crippen molar-refractivity contribution in [1.29, 1.82) is 5.26 Å². The second kappa shape index (κ2) is 9.31. The summed E-state index contributed by atoms with van der Waals surface area (Å²) in [7, 11) is 3.55. The van der Waals surface area contributed by atoms with Gasteiger partial charge in [0.15, 0.2) is 10.3 Å². The maximum Gasteiger partial charge on any atom is 0.182 e. The first-order valence-corrected chi connectivity index (χ1v) is 9.96. The number of piperazine rings is 1. The number of nitriles is 1. The Labute approximate surface area is 175 Å². The molecule has 0 radical (unpaired) electrons. The molecule has 0 aliphatic carbocycles. The van der Waals surface area contributed by atoms with Crippen LogP contribution in [-0.4, -0.2) is 58.2 Å². The molecule has 0 unspecified atom stereocenters. The van der Waals surface area contributed by atoms with Crippen molar-refractivity contribution in [1.82, 2.24) is 18.9 Å². The van der Waals surface area contributed by atoms with Gasteiger partial charge in [0, 0.05) is 53.4 Å². The quantitative estimate of drug-likeness (QED) is 0.747. The Bertz CT molecular complexity index is 1030. The van der Waals surface area contributed by atoms with Gasteiger partial charge in [0.05, 0.1) is 6.54 Å². The summed E-state index contributed by atoms with van der Waals surface area (Å²) in [4.78, 5) is 9.35. The van der Waals surface area contributed by atoms with Crippen LogP contribution in [0.5, 0.6) is 0 Å². The van der Waals surface area contributed by atoms with Gasteiger partial charge in [0.25, 0.3) is 0 Å². The SMILES string of the molecule is Cn1c(N)c(C#N)c(=NCCN2CCN(Cc3ccc(F)cc3)CC2)n(C)c1=S. The molecule has 1 saturated heterocycles. The van der Waals surface area contributed by atoms with Gasteiger partial charge in [-0.05, 0) is 29.9 Å². The third kappa shape index (κ3) is 4.90. The maximum atomic E-state index is 13.0. The third-order valence-corrected chi connectivity index (χ3v) is 5.85. The highest BCUT2D eigenvalue weighted by molar-refractivity contribution is 7.71. The van der Waals surface area contributed by atoms with E-state index in [1.807, 2.05) is 12.1 Å². The van der Waals surface area contributed by atoms with E-state index in [0.29, 0.717) is 28.2 Å². The average molecular weight is 416 g/mol. The van der Waals surface area contributed by atoms with Gasteiger partial charge in [-0.2, -0.15) is 5.26 Å². The van der Waals surface area contributed by atoms with E-state index >= 15 is 0 Å². The molecular weight excluding hydrogens is 389 g/mol. The minimum absolute atomic E-state index is 0.202. The smallest absolute Gasteiger partial charge is 0.182 e. The van der Waals surface area contributed by atoms with Crippen molar-refractivity contribution in [2.45, 2.75) is 6.54 Å². The maximum absolute atomic E-state index is 13.0. The number of rotatable bonds is 5. The number of aromatic nitrogens is 2. The van der Waals surface area contributed by atoms with Gasteiger partial charge >= 0.3 is 0 Å². The van der Waals surface area contributed by atoms with Gasteiger partial charge in [-0.15, -0.1) is 0 Å². The summed E-state index contributed by atoms with van der Waals surface area (Å²) in [6.45, 7) is 6.03. The summed E-state index contributed by atoms with van der Waals surface area (Å²) >= 11 is 5.37. The van der Waals surface area contributed by atoms with Crippen molar-refractivity contribution >= 4 is 18.0 Å². The molecule has 29 heavy (non-hydrogen) atoms. The van der Waals surface area contributed by atoms with E-state index in [2.05, 4.69) is 20.9 Å². The van der Waals surface area contributed by atoms with Crippen molar-refractivity contribution in [3.8, 4) is 6.07 Å². The van der Waals surface area contributed by atoms with Gasteiger partial charge in [-0.25, -0.2) is 4.39 Å². The van der Waals surface area contributed by atoms with E-state index in [-0.39, 0.29) is 5.82 Å². The minimum atomic E-state index is -0.202. The highest BCUT2D eigenvalue weighted by Crippen LogP contribution is 2.10. The Morgan fingerprint density at radius 2 is 1.72 bits per heavy atom. The zero-order chi connectivity index (χ0) is 21.0. The fourth-order valence-corrected chi connectivity index (χ4v) is 3.66. The standard InChI is InChI=1S/C20H26FN7S/c1-25-18(23)17(13-22)19(26(2)20(25)29)24-7-8-27-9-11-28(12-10-27)14-15-3-5-16(21)6-4-15/h3-6H,7-12,14,23H2,1-2H3. The molecule has 1 aromatic heterocycles. The van der Waals surface area contributed by atoms with Gasteiger partial charge in [0.2, 0.25) is 0 Å². The van der Waals surface area contributed by atoms with Crippen LogP contribution in [0.3, 0.4) is 0 Å². The molecule has 2 aromatic rings. The van der Waals surface area contributed by atoms with Gasteiger partial charge < -0.3 is 14.9 Å². The highest BCUT2D eigenvalue weighted by atomic mass is 32.1. The van der Waals surface area contributed by atoms with E-state index in [1.54, 1.807) is 23.2 Å². The van der Waals surface area contributed by atoms with Gasteiger partial charge in [0.1, 0.15) is 23.3 Å². The predicted octanol–water partition coefficient (Wildman–Crippen LogP) is 1.40. The summed E-state index contributed by atoms with van der Waals surface area (Å²) in [5, 5.41) is 9.47. The molecule has 154 valence electrons. The molecule has 0 spiro atoms. The lowest BCUT2D eigenvalue weighted by Gasteiger charge is -2.34. The van der Waals surface area contributed by atoms with Gasteiger partial charge in [-0.3, -0.25) is 14.8 Å². The van der Waals surface area contributed by atoms with Crippen LogP contribution in [-0.2, 0) is 20.6 Å². The van der Waals surface area contributed by atoms with Crippen molar-refractivity contribution in [2.75, 3.05) is 45.0 Å². The van der Waals surface area contributed by atoms with E-state index in [4.69, 9.17) is 18.0 Å². The molecule has 1 aromatic carbocycles. The summed E-state index contributed by atoms with van der Waals surface area (Å²) in [6.07, 6.45) is 0. The molecular formula is C20H26FN7S. The topological polar surface area (TPSA) is 78.5 Å². The fourth-order valence-electron chi connectivity index (χ4n) is 3.48. The Morgan fingerprint density at radius 3 is 2.34 bits per heavy atom. The lowest BCUT2D eigenvalue weighted by atomic mass is 10.2. The monoisotopic (exact) mass is 415 g/mol. The number of hydrogen-bond acceptors (Lipinski definition) is 6. The van der Waals surface area contributed by atoms with Crippen LogP contribution in [0.25, 0.3) is 0 Å². The number of nitrogens with zero attached hydrogens (tertiary/aromatic N) is 6. The van der Waals surface area contributed by atoms with Crippen LogP contribution in [0.2, 0.25) is 0 Å².